The minimum Gasteiger partial charge on any atom is -0.294 e. The lowest BCUT2D eigenvalue weighted by Gasteiger charge is -2.01. The van der Waals surface area contributed by atoms with Crippen molar-refractivity contribution in [2.45, 2.75) is 122 Å². The Bertz CT molecular complexity index is 302. The fourth-order valence-electron chi connectivity index (χ4n) is 3.14. The standard InChI is InChI=1S/C22H44N2O/c1-2-3-4-5-6-7-8-9-10-11-12-13-14-15-16-17-18-19-20-21-22(25)24-23/h11-12H,2-10,13-21,23H2,1H3,(H,24,25). The highest BCUT2D eigenvalue weighted by atomic mass is 16.2. The van der Waals surface area contributed by atoms with Crippen LogP contribution in [-0.4, -0.2) is 5.91 Å². The van der Waals surface area contributed by atoms with Crippen LogP contribution < -0.4 is 11.3 Å². The van der Waals surface area contributed by atoms with Crippen molar-refractivity contribution in [1.82, 2.24) is 5.43 Å². The number of carbonyl (C=O) groups is 1. The summed E-state index contributed by atoms with van der Waals surface area (Å²) in [6.45, 7) is 2.28. The SMILES string of the molecule is CCCCCCCCCCC=CCCCCCCCCCC(=O)NN. The van der Waals surface area contributed by atoms with Gasteiger partial charge in [-0.25, -0.2) is 5.84 Å². The second kappa shape index (κ2) is 21.2. The molecule has 0 aliphatic heterocycles. The number of carbonyl (C=O) groups excluding carboxylic acids is 1. The van der Waals surface area contributed by atoms with E-state index in [0.717, 1.165) is 12.8 Å². The van der Waals surface area contributed by atoms with Gasteiger partial charge in [0.05, 0.1) is 0 Å². The highest BCUT2D eigenvalue weighted by molar-refractivity contribution is 5.74. The lowest BCUT2D eigenvalue weighted by Crippen LogP contribution is -2.29. The summed E-state index contributed by atoms with van der Waals surface area (Å²) in [5, 5.41) is 0. The number of hydrogen-bond donors (Lipinski definition) is 2. The third-order valence-corrected chi connectivity index (χ3v) is 4.83. The summed E-state index contributed by atoms with van der Waals surface area (Å²) in [5.74, 6) is 5.01. The summed E-state index contributed by atoms with van der Waals surface area (Å²) in [4.78, 5) is 11.0. The highest BCUT2D eigenvalue weighted by Crippen LogP contribution is 2.11. The molecule has 0 fully saturated rings. The Morgan fingerprint density at radius 1 is 0.680 bits per heavy atom. The molecule has 148 valence electrons. The van der Waals surface area contributed by atoms with E-state index in [1.165, 1.54) is 96.3 Å². The molecular formula is C22H44N2O. The minimum absolute atomic E-state index is 0.0428. The lowest BCUT2D eigenvalue weighted by molar-refractivity contribution is -0.121. The predicted octanol–water partition coefficient (Wildman–Crippen LogP) is 6.57. The number of nitrogens with two attached hydrogens (primary N) is 1. The van der Waals surface area contributed by atoms with Gasteiger partial charge in [-0.15, -0.1) is 0 Å². The second-order valence-electron chi connectivity index (χ2n) is 7.32. The maximum atomic E-state index is 11.0. The molecule has 3 heteroatoms. The van der Waals surface area contributed by atoms with Gasteiger partial charge in [0.2, 0.25) is 5.91 Å². The Balaban J connectivity index is 3.10. The van der Waals surface area contributed by atoms with Crippen LogP contribution in [0.15, 0.2) is 12.2 Å². The van der Waals surface area contributed by atoms with Crippen LogP contribution in [-0.2, 0) is 4.79 Å². The lowest BCUT2D eigenvalue weighted by atomic mass is 10.1. The maximum Gasteiger partial charge on any atom is 0.233 e. The molecule has 0 bridgehead atoms. The average Bonchev–Trinajstić information content (AvgIpc) is 2.63. The van der Waals surface area contributed by atoms with Gasteiger partial charge in [-0.2, -0.15) is 0 Å². The fraction of sp³-hybridized carbons (Fsp3) is 0.864. The summed E-state index contributed by atoms with van der Waals surface area (Å²) in [5.41, 5.74) is 2.18. The van der Waals surface area contributed by atoms with Gasteiger partial charge in [-0.05, 0) is 32.1 Å². The Morgan fingerprint density at radius 2 is 1.08 bits per heavy atom. The van der Waals surface area contributed by atoms with Gasteiger partial charge >= 0.3 is 0 Å². The molecule has 1 amide bonds. The van der Waals surface area contributed by atoms with Gasteiger partial charge in [0.1, 0.15) is 0 Å². The highest BCUT2D eigenvalue weighted by Gasteiger charge is 1.97. The summed E-state index contributed by atoms with van der Waals surface area (Å²) in [6.07, 6.45) is 27.8. The first-order chi connectivity index (χ1) is 12.3. The summed E-state index contributed by atoms with van der Waals surface area (Å²) >= 11 is 0. The first-order valence-corrected chi connectivity index (χ1v) is 11.0. The van der Waals surface area contributed by atoms with Crippen LogP contribution in [0.5, 0.6) is 0 Å². The van der Waals surface area contributed by atoms with E-state index in [-0.39, 0.29) is 5.91 Å². The monoisotopic (exact) mass is 352 g/mol. The molecule has 0 aliphatic carbocycles. The molecule has 0 aromatic heterocycles. The van der Waals surface area contributed by atoms with E-state index in [1.807, 2.05) is 0 Å². The van der Waals surface area contributed by atoms with Crippen molar-refractivity contribution >= 4 is 5.91 Å². The molecular weight excluding hydrogens is 308 g/mol. The number of rotatable bonds is 19. The quantitative estimate of drug-likeness (QED) is 0.0907. The summed E-state index contributed by atoms with van der Waals surface area (Å²) in [7, 11) is 0. The first-order valence-electron chi connectivity index (χ1n) is 11.0. The molecule has 3 nitrogen and oxygen atoms in total. The molecule has 0 aromatic rings. The van der Waals surface area contributed by atoms with Crippen molar-refractivity contribution in [2.75, 3.05) is 0 Å². The number of hydrazine groups is 1. The molecule has 0 saturated carbocycles. The summed E-state index contributed by atoms with van der Waals surface area (Å²) < 4.78 is 0. The number of nitrogens with one attached hydrogen (secondary N) is 1. The molecule has 3 N–H and O–H groups in total. The second-order valence-corrected chi connectivity index (χ2v) is 7.32. The van der Waals surface area contributed by atoms with Gasteiger partial charge in [-0.3, -0.25) is 10.2 Å². The Morgan fingerprint density at radius 3 is 1.52 bits per heavy atom. The Hall–Kier alpha value is -0.830. The molecule has 0 unspecified atom stereocenters. The van der Waals surface area contributed by atoms with Crippen LogP contribution in [0.3, 0.4) is 0 Å². The van der Waals surface area contributed by atoms with Crippen LogP contribution in [0.2, 0.25) is 0 Å². The number of hydrogen-bond acceptors (Lipinski definition) is 2. The molecule has 0 spiro atoms. The van der Waals surface area contributed by atoms with Gasteiger partial charge < -0.3 is 0 Å². The third kappa shape index (κ3) is 21.1. The van der Waals surface area contributed by atoms with E-state index in [9.17, 15) is 4.79 Å². The van der Waals surface area contributed by atoms with Crippen molar-refractivity contribution in [3.05, 3.63) is 12.2 Å². The Labute approximate surface area is 157 Å². The van der Waals surface area contributed by atoms with Crippen LogP contribution in [0.4, 0.5) is 0 Å². The van der Waals surface area contributed by atoms with Crippen LogP contribution in [0.25, 0.3) is 0 Å². The Kier molecular flexibility index (Phi) is 20.5. The van der Waals surface area contributed by atoms with E-state index in [2.05, 4.69) is 24.5 Å². The van der Waals surface area contributed by atoms with E-state index in [1.54, 1.807) is 0 Å². The van der Waals surface area contributed by atoms with Crippen molar-refractivity contribution in [2.24, 2.45) is 5.84 Å². The largest absolute Gasteiger partial charge is 0.294 e. The molecule has 0 atom stereocenters. The smallest absolute Gasteiger partial charge is 0.233 e. The van der Waals surface area contributed by atoms with Crippen LogP contribution in [0, 0.1) is 0 Å². The van der Waals surface area contributed by atoms with Crippen molar-refractivity contribution in [3.63, 3.8) is 0 Å². The van der Waals surface area contributed by atoms with E-state index < -0.39 is 0 Å². The average molecular weight is 353 g/mol. The van der Waals surface area contributed by atoms with Gasteiger partial charge in [0.25, 0.3) is 0 Å². The van der Waals surface area contributed by atoms with E-state index in [4.69, 9.17) is 5.84 Å². The first kappa shape index (κ1) is 24.2. The molecule has 0 heterocycles. The predicted molar refractivity (Wildman–Crippen MR) is 110 cm³/mol. The molecule has 25 heavy (non-hydrogen) atoms. The molecule has 0 rings (SSSR count). The summed E-state index contributed by atoms with van der Waals surface area (Å²) in [6, 6.07) is 0. The topological polar surface area (TPSA) is 55.1 Å². The normalized spacial score (nSPS) is 11.3. The van der Waals surface area contributed by atoms with Crippen LogP contribution in [0.1, 0.15) is 122 Å². The van der Waals surface area contributed by atoms with Crippen LogP contribution >= 0.6 is 0 Å². The number of amides is 1. The van der Waals surface area contributed by atoms with E-state index >= 15 is 0 Å². The molecule has 0 radical (unpaired) electrons. The zero-order valence-corrected chi connectivity index (χ0v) is 16.9. The zero-order chi connectivity index (χ0) is 18.4. The molecule has 0 saturated heterocycles. The fourth-order valence-corrected chi connectivity index (χ4v) is 3.14. The van der Waals surface area contributed by atoms with Gasteiger partial charge in [-0.1, -0.05) is 96.1 Å². The van der Waals surface area contributed by atoms with Crippen molar-refractivity contribution in [1.29, 1.82) is 0 Å². The zero-order valence-electron chi connectivity index (χ0n) is 16.9. The molecule has 0 aromatic carbocycles. The maximum absolute atomic E-state index is 11.0. The van der Waals surface area contributed by atoms with E-state index in [0.29, 0.717) is 6.42 Å². The number of unbranched alkanes of at least 4 members (excludes halogenated alkanes) is 15. The third-order valence-electron chi connectivity index (χ3n) is 4.83. The number of allylic oxidation sites excluding steroid dienone is 2. The van der Waals surface area contributed by atoms with Crippen molar-refractivity contribution in [3.8, 4) is 0 Å². The molecule has 0 aliphatic rings. The minimum atomic E-state index is -0.0428. The van der Waals surface area contributed by atoms with Crippen molar-refractivity contribution < 1.29 is 4.79 Å². The van der Waals surface area contributed by atoms with Gasteiger partial charge in [0.15, 0.2) is 0 Å². The van der Waals surface area contributed by atoms with Gasteiger partial charge in [0, 0.05) is 6.42 Å².